The Balaban J connectivity index is 1.96. The molecule has 1 N–H and O–H groups in total. The molecule has 0 aromatic heterocycles. The summed E-state index contributed by atoms with van der Waals surface area (Å²) >= 11 is 0. The van der Waals surface area contributed by atoms with E-state index >= 15 is 0 Å². The fourth-order valence-corrected chi connectivity index (χ4v) is 4.25. The summed E-state index contributed by atoms with van der Waals surface area (Å²) in [4.78, 5) is 2.84. The van der Waals surface area contributed by atoms with Crippen LogP contribution in [0.5, 0.6) is 0 Å². The van der Waals surface area contributed by atoms with E-state index in [1.165, 1.54) is 64.7 Å². The molecule has 1 saturated heterocycles. The van der Waals surface area contributed by atoms with E-state index < -0.39 is 0 Å². The normalized spacial score (nSPS) is 25.8. The molecular weight excluding hydrogens is 244 g/mol. The minimum atomic E-state index is 0.449. The van der Waals surface area contributed by atoms with Gasteiger partial charge >= 0.3 is 0 Å². The van der Waals surface area contributed by atoms with Crippen molar-refractivity contribution in [2.45, 2.75) is 72.3 Å². The van der Waals surface area contributed by atoms with Gasteiger partial charge in [0.25, 0.3) is 0 Å². The molecule has 1 aliphatic heterocycles. The van der Waals surface area contributed by atoms with Gasteiger partial charge in [0.15, 0.2) is 0 Å². The summed E-state index contributed by atoms with van der Waals surface area (Å²) in [6.45, 7) is 14.8. The Morgan fingerprint density at radius 1 is 1.10 bits per heavy atom. The average Bonchev–Trinajstić information content (AvgIpc) is 2.92. The molecule has 0 spiro atoms. The van der Waals surface area contributed by atoms with Crippen molar-refractivity contribution in [3.63, 3.8) is 0 Å². The zero-order valence-electron chi connectivity index (χ0n) is 14.3. The highest BCUT2D eigenvalue weighted by Gasteiger charge is 2.34. The van der Waals surface area contributed by atoms with Crippen molar-refractivity contribution >= 4 is 0 Å². The number of nitrogens with one attached hydrogen (secondary N) is 1. The van der Waals surface area contributed by atoms with Crippen molar-refractivity contribution in [3.8, 4) is 0 Å². The lowest BCUT2D eigenvalue weighted by Crippen LogP contribution is -2.48. The number of rotatable bonds is 6. The first kappa shape index (κ1) is 16.3. The maximum Gasteiger partial charge on any atom is 0.00956 e. The Morgan fingerprint density at radius 3 is 2.35 bits per heavy atom. The molecule has 1 unspecified atom stereocenters. The van der Waals surface area contributed by atoms with Gasteiger partial charge in [0.05, 0.1) is 0 Å². The number of hydrogen-bond acceptors (Lipinski definition) is 2. The summed E-state index contributed by atoms with van der Waals surface area (Å²) in [5.41, 5.74) is 0.449. The van der Waals surface area contributed by atoms with Crippen LogP contribution in [0.15, 0.2) is 0 Å². The summed E-state index contributed by atoms with van der Waals surface area (Å²) in [6, 6.07) is 0.869. The second-order valence-electron chi connectivity index (χ2n) is 8.29. The fraction of sp³-hybridized carbons (Fsp3) is 1.00. The van der Waals surface area contributed by atoms with Crippen molar-refractivity contribution in [1.29, 1.82) is 0 Å². The van der Waals surface area contributed by atoms with Crippen LogP contribution in [0.1, 0.15) is 66.2 Å². The lowest BCUT2D eigenvalue weighted by molar-refractivity contribution is 0.0670. The van der Waals surface area contributed by atoms with Crippen LogP contribution >= 0.6 is 0 Å². The molecule has 0 bridgehead atoms. The van der Waals surface area contributed by atoms with Crippen molar-refractivity contribution in [1.82, 2.24) is 10.2 Å². The van der Waals surface area contributed by atoms with E-state index in [9.17, 15) is 0 Å². The van der Waals surface area contributed by atoms with E-state index in [0.29, 0.717) is 5.41 Å². The van der Waals surface area contributed by atoms with Crippen molar-refractivity contribution in [3.05, 3.63) is 0 Å². The maximum absolute atomic E-state index is 3.61. The maximum atomic E-state index is 3.61. The molecule has 0 amide bonds. The number of nitrogens with zero attached hydrogens (tertiary/aromatic N) is 1. The molecule has 0 radical (unpaired) electrons. The zero-order chi connectivity index (χ0) is 14.6. The second-order valence-corrected chi connectivity index (χ2v) is 8.29. The SMILES string of the molecule is CC(C)CN(CC(C)(C)C1CCCNC1)C1CCCC1. The molecule has 2 aliphatic rings. The lowest BCUT2D eigenvalue weighted by Gasteiger charge is -2.43. The van der Waals surface area contributed by atoms with Crippen LogP contribution in [-0.4, -0.2) is 37.1 Å². The van der Waals surface area contributed by atoms with E-state index in [0.717, 1.165) is 17.9 Å². The third kappa shape index (κ3) is 4.46. The number of piperidine rings is 1. The van der Waals surface area contributed by atoms with Crippen molar-refractivity contribution < 1.29 is 0 Å². The van der Waals surface area contributed by atoms with Gasteiger partial charge in [0.1, 0.15) is 0 Å². The van der Waals surface area contributed by atoms with Gasteiger partial charge in [-0.1, -0.05) is 40.5 Å². The predicted molar refractivity (Wildman–Crippen MR) is 88.0 cm³/mol. The minimum Gasteiger partial charge on any atom is -0.316 e. The van der Waals surface area contributed by atoms with Crippen molar-refractivity contribution in [2.75, 3.05) is 26.2 Å². The Morgan fingerprint density at radius 2 is 1.80 bits per heavy atom. The van der Waals surface area contributed by atoms with Gasteiger partial charge in [0.2, 0.25) is 0 Å². The molecular formula is C18H36N2. The van der Waals surface area contributed by atoms with Crippen LogP contribution in [0.2, 0.25) is 0 Å². The molecule has 0 aromatic rings. The molecule has 1 heterocycles. The van der Waals surface area contributed by atoms with Gasteiger partial charge in [-0.15, -0.1) is 0 Å². The number of hydrogen-bond donors (Lipinski definition) is 1. The van der Waals surface area contributed by atoms with Gasteiger partial charge in [-0.2, -0.15) is 0 Å². The average molecular weight is 280 g/mol. The van der Waals surface area contributed by atoms with E-state index in [4.69, 9.17) is 0 Å². The highest BCUT2D eigenvalue weighted by Crippen LogP contribution is 2.35. The molecule has 2 rings (SSSR count). The summed E-state index contributed by atoms with van der Waals surface area (Å²) in [7, 11) is 0. The van der Waals surface area contributed by atoms with Gasteiger partial charge in [-0.3, -0.25) is 4.90 Å². The first-order chi connectivity index (χ1) is 9.49. The molecule has 1 saturated carbocycles. The summed E-state index contributed by atoms with van der Waals surface area (Å²) in [5, 5.41) is 3.61. The fourth-order valence-electron chi connectivity index (χ4n) is 4.25. The van der Waals surface area contributed by atoms with Gasteiger partial charge < -0.3 is 5.32 Å². The Bertz CT molecular complexity index is 273. The summed E-state index contributed by atoms with van der Waals surface area (Å²) in [5.74, 6) is 1.64. The second kappa shape index (κ2) is 7.26. The molecule has 118 valence electrons. The summed E-state index contributed by atoms with van der Waals surface area (Å²) in [6.07, 6.45) is 8.55. The first-order valence-electron chi connectivity index (χ1n) is 8.94. The Labute approximate surface area is 126 Å². The molecule has 2 fully saturated rings. The Kier molecular flexibility index (Phi) is 5.92. The third-order valence-electron chi connectivity index (χ3n) is 5.45. The van der Waals surface area contributed by atoms with Crippen molar-refractivity contribution in [2.24, 2.45) is 17.3 Å². The molecule has 0 aromatic carbocycles. The molecule has 20 heavy (non-hydrogen) atoms. The third-order valence-corrected chi connectivity index (χ3v) is 5.45. The monoisotopic (exact) mass is 280 g/mol. The summed E-state index contributed by atoms with van der Waals surface area (Å²) < 4.78 is 0. The molecule has 2 heteroatoms. The molecule has 2 nitrogen and oxygen atoms in total. The molecule has 1 atom stereocenters. The van der Waals surface area contributed by atoms with Gasteiger partial charge in [-0.05, 0) is 56.0 Å². The standard InChI is InChI=1S/C18H36N2/c1-15(2)13-20(17-9-5-6-10-17)14-18(3,4)16-8-7-11-19-12-16/h15-17,19H,5-14H2,1-4H3. The Hall–Kier alpha value is -0.0800. The van der Waals surface area contributed by atoms with Crippen LogP contribution < -0.4 is 5.32 Å². The first-order valence-corrected chi connectivity index (χ1v) is 8.94. The van der Waals surface area contributed by atoms with Crippen LogP contribution in [0, 0.1) is 17.3 Å². The highest BCUT2D eigenvalue weighted by molar-refractivity contribution is 4.88. The minimum absolute atomic E-state index is 0.449. The van der Waals surface area contributed by atoms with E-state index in [1.54, 1.807) is 0 Å². The van der Waals surface area contributed by atoms with Crippen LogP contribution in [-0.2, 0) is 0 Å². The quantitative estimate of drug-likeness (QED) is 0.793. The lowest BCUT2D eigenvalue weighted by atomic mass is 9.74. The highest BCUT2D eigenvalue weighted by atomic mass is 15.2. The zero-order valence-corrected chi connectivity index (χ0v) is 14.3. The van der Waals surface area contributed by atoms with Crippen LogP contribution in [0.3, 0.4) is 0 Å². The largest absolute Gasteiger partial charge is 0.316 e. The van der Waals surface area contributed by atoms with Crippen LogP contribution in [0.25, 0.3) is 0 Å². The molecule has 1 aliphatic carbocycles. The van der Waals surface area contributed by atoms with E-state index in [2.05, 4.69) is 37.9 Å². The van der Waals surface area contributed by atoms with Crippen LogP contribution in [0.4, 0.5) is 0 Å². The predicted octanol–water partition coefficient (Wildman–Crippen LogP) is 3.91. The van der Waals surface area contributed by atoms with Gasteiger partial charge in [0, 0.05) is 19.1 Å². The topological polar surface area (TPSA) is 15.3 Å². The van der Waals surface area contributed by atoms with Gasteiger partial charge in [-0.25, -0.2) is 0 Å². The van der Waals surface area contributed by atoms with E-state index in [-0.39, 0.29) is 0 Å². The van der Waals surface area contributed by atoms with E-state index in [1.807, 2.05) is 0 Å². The smallest absolute Gasteiger partial charge is 0.00956 e.